The van der Waals surface area contributed by atoms with Crippen LogP contribution in [0.1, 0.15) is 25.0 Å². The Hall–Kier alpha value is -2.62. The van der Waals surface area contributed by atoms with Gasteiger partial charge < -0.3 is 9.47 Å². The maximum Gasteiger partial charge on any atom is 0.338 e. The van der Waals surface area contributed by atoms with Gasteiger partial charge in [-0.1, -0.05) is 25.3 Å². The molecule has 0 unspecified atom stereocenters. The van der Waals surface area contributed by atoms with E-state index in [1.54, 1.807) is 26.0 Å². The summed E-state index contributed by atoms with van der Waals surface area (Å²) in [5, 5.41) is 0. The molecule has 22 heavy (non-hydrogen) atoms. The minimum atomic E-state index is -0.447. The van der Waals surface area contributed by atoms with Crippen LogP contribution in [-0.2, 0) is 20.7 Å². The molecule has 0 radical (unpaired) electrons. The predicted molar refractivity (Wildman–Crippen MR) is 84.3 cm³/mol. The van der Waals surface area contributed by atoms with Crippen molar-refractivity contribution in [2.75, 3.05) is 6.61 Å². The first-order chi connectivity index (χ1) is 10.4. The van der Waals surface area contributed by atoms with Gasteiger partial charge in [-0.15, -0.1) is 0 Å². The highest BCUT2D eigenvalue weighted by Crippen LogP contribution is 2.29. The molecule has 1 aromatic rings. The summed E-state index contributed by atoms with van der Waals surface area (Å²) in [5.41, 5.74) is 3.80. The summed E-state index contributed by atoms with van der Waals surface area (Å²) in [7, 11) is 0. The minimum absolute atomic E-state index is 0.237. The third kappa shape index (κ3) is 3.73. The van der Waals surface area contributed by atoms with E-state index in [9.17, 15) is 9.59 Å². The number of carbonyl (C=O) groups excluding carboxylic acids is 2. The van der Waals surface area contributed by atoms with Gasteiger partial charge in [-0.2, -0.15) is 0 Å². The SMILES string of the molecule is C=C(C)C(=O)OCC1=Cc2cc(OC(=O)C(=C)C)ccc2C1. The lowest BCUT2D eigenvalue weighted by Gasteiger charge is -2.06. The van der Waals surface area contributed by atoms with E-state index >= 15 is 0 Å². The first-order valence-electron chi connectivity index (χ1n) is 6.89. The van der Waals surface area contributed by atoms with Crippen LogP contribution in [0.5, 0.6) is 5.75 Å². The van der Waals surface area contributed by atoms with Crippen LogP contribution in [0.2, 0.25) is 0 Å². The van der Waals surface area contributed by atoms with Gasteiger partial charge in [-0.25, -0.2) is 9.59 Å². The molecule has 0 bridgehead atoms. The molecule has 1 aromatic carbocycles. The van der Waals surface area contributed by atoms with Crippen LogP contribution in [0.3, 0.4) is 0 Å². The van der Waals surface area contributed by atoms with Crippen molar-refractivity contribution in [2.45, 2.75) is 20.3 Å². The highest BCUT2D eigenvalue weighted by Gasteiger charge is 2.16. The van der Waals surface area contributed by atoms with Crippen LogP contribution in [-0.4, -0.2) is 18.5 Å². The quantitative estimate of drug-likeness (QED) is 0.476. The number of hydrogen-bond acceptors (Lipinski definition) is 4. The molecule has 0 saturated heterocycles. The fourth-order valence-electron chi connectivity index (χ4n) is 2.02. The molecule has 0 aromatic heterocycles. The molecule has 1 aliphatic carbocycles. The summed E-state index contributed by atoms with van der Waals surface area (Å²) < 4.78 is 10.3. The van der Waals surface area contributed by atoms with Gasteiger partial charge in [0.1, 0.15) is 12.4 Å². The first-order valence-corrected chi connectivity index (χ1v) is 6.89. The normalized spacial score (nSPS) is 12.2. The Labute approximate surface area is 129 Å². The molecule has 4 nitrogen and oxygen atoms in total. The van der Waals surface area contributed by atoms with Gasteiger partial charge in [0.2, 0.25) is 0 Å². The van der Waals surface area contributed by atoms with Crippen molar-refractivity contribution in [2.24, 2.45) is 0 Å². The molecule has 0 aliphatic heterocycles. The molecule has 1 aliphatic rings. The number of rotatable bonds is 5. The standard InChI is InChI=1S/C18H18O4/c1-11(2)17(19)21-10-13-7-14-5-6-16(9-15(14)8-13)22-18(20)12(3)4/h5-6,8-9H,1,3,7,10H2,2,4H3. The van der Waals surface area contributed by atoms with E-state index in [4.69, 9.17) is 9.47 Å². The van der Waals surface area contributed by atoms with Gasteiger partial charge in [0.25, 0.3) is 0 Å². The number of benzene rings is 1. The second-order valence-electron chi connectivity index (χ2n) is 5.37. The summed E-state index contributed by atoms with van der Waals surface area (Å²) >= 11 is 0. The predicted octanol–water partition coefficient (Wildman–Crippen LogP) is 3.23. The molecule has 0 amide bonds. The zero-order valence-electron chi connectivity index (χ0n) is 12.8. The summed E-state index contributed by atoms with van der Waals surface area (Å²) in [6, 6.07) is 5.44. The Kier molecular flexibility index (Phi) is 4.61. The summed E-state index contributed by atoms with van der Waals surface area (Å²) in [5.74, 6) is -0.367. The molecule has 0 atom stereocenters. The van der Waals surface area contributed by atoms with Crippen LogP contribution in [0.15, 0.2) is 48.1 Å². The zero-order chi connectivity index (χ0) is 16.3. The second kappa shape index (κ2) is 6.43. The van der Waals surface area contributed by atoms with Gasteiger partial charge >= 0.3 is 11.9 Å². The number of carbonyl (C=O) groups is 2. The molecule has 0 saturated carbocycles. The molecular weight excluding hydrogens is 280 g/mol. The molecule has 0 spiro atoms. The van der Waals surface area contributed by atoms with E-state index in [1.807, 2.05) is 12.1 Å². The molecule has 114 valence electrons. The van der Waals surface area contributed by atoms with Gasteiger partial charge in [0.05, 0.1) is 0 Å². The van der Waals surface area contributed by atoms with E-state index in [0.717, 1.165) is 16.7 Å². The molecule has 4 heteroatoms. The van der Waals surface area contributed by atoms with Crippen molar-refractivity contribution in [1.29, 1.82) is 0 Å². The van der Waals surface area contributed by atoms with Crippen LogP contribution < -0.4 is 4.74 Å². The van der Waals surface area contributed by atoms with E-state index in [-0.39, 0.29) is 6.61 Å². The van der Waals surface area contributed by atoms with Crippen molar-refractivity contribution < 1.29 is 19.1 Å². The van der Waals surface area contributed by atoms with Crippen molar-refractivity contribution in [1.82, 2.24) is 0 Å². The minimum Gasteiger partial charge on any atom is -0.458 e. The average Bonchev–Trinajstić information content (AvgIpc) is 2.86. The van der Waals surface area contributed by atoms with Gasteiger partial charge in [0.15, 0.2) is 0 Å². The van der Waals surface area contributed by atoms with Crippen LogP contribution in [0.25, 0.3) is 6.08 Å². The van der Waals surface area contributed by atoms with E-state index in [2.05, 4.69) is 13.2 Å². The van der Waals surface area contributed by atoms with Crippen LogP contribution >= 0.6 is 0 Å². The van der Waals surface area contributed by atoms with E-state index < -0.39 is 11.9 Å². The topological polar surface area (TPSA) is 52.6 Å². The molecule has 0 N–H and O–H groups in total. The van der Waals surface area contributed by atoms with Gasteiger partial charge in [0, 0.05) is 11.1 Å². The number of hydrogen-bond donors (Lipinski definition) is 0. The van der Waals surface area contributed by atoms with Crippen molar-refractivity contribution in [3.05, 3.63) is 59.2 Å². The zero-order valence-corrected chi connectivity index (χ0v) is 12.8. The molecule has 0 fully saturated rings. The highest BCUT2D eigenvalue weighted by molar-refractivity contribution is 5.89. The summed E-state index contributed by atoms with van der Waals surface area (Å²) in [6.07, 6.45) is 2.66. The Morgan fingerprint density at radius 3 is 2.45 bits per heavy atom. The van der Waals surface area contributed by atoms with Crippen molar-refractivity contribution in [3.8, 4) is 5.75 Å². The van der Waals surface area contributed by atoms with Crippen LogP contribution in [0.4, 0.5) is 0 Å². The maximum absolute atomic E-state index is 11.5. The number of esters is 2. The third-order valence-electron chi connectivity index (χ3n) is 3.19. The molecule has 2 rings (SSSR count). The Balaban J connectivity index is 2.04. The van der Waals surface area contributed by atoms with Crippen molar-refractivity contribution in [3.63, 3.8) is 0 Å². The number of ether oxygens (including phenoxy) is 2. The highest BCUT2D eigenvalue weighted by atomic mass is 16.5. The second-order valence-corrected chi connectivity index (χ2v) is 5.37. The Morgan fingerprint density at radius 1 is 1.14 bits per heavy atom. The maximum atomic E-state index is 11.5. The smallest absolute Gasteiger partial charge is 0.338 e. The van der Waals surface area contributed by atoms with E-state index in [0.29, 0.717) is 23.3 Å². The lowest BCUT2D eigenvalue weighted by Crippen LogP contribution is -2.08. The fraction of sp³-hybridized carbons (Fsp3) is 0.222. The lowest BCUT2D eigenvalue weighted by molar-refractivity contribution is -0.138. The number of fused-ring (bicyclic) bond motifs is 1. The largest absolute Gasteiger partial charge is 0.458 e. The lowest BCUT2D eigenvalue weighted by atomic mass is 10.1. The fourth-order valence-corrected chi connectivity index (χ4v) is 2.02. The monoisotopic (exact) mass is 298 g/mol. The van der Waals surface area contributed by atoms with Gasteiger partial charge in [-0.3, -0.25) is 0 Å². The van der Waals surface area contributed by atoms with Crippen LogP contribution in [0, 0.1) is 0 Å². The van der Waals surface area contributed by atoms with Crippen molar-refractivity contribution >= 4 is 18.0 Å². The Morgan fingerprint density at radius 2 is 1.82 bits per heavy atom. The third-order valence-corrected chi connectivity index (χ3v) is 3.19. The van der Waals surface area contributed by atoms with Gasteiger partial charge in [-0.05, 0) is 49.1 Å². The summed E-state index contributed by atoms with van der Waals surface area (Å²) in [6.45, 7) is 10.5. The average molecular weight is 298 g/mol. The molecule has 0 heterocycles. The Bertz CT molecular complexity index is 695. The molecular formula is C18H18O4. The first kappa shape index (κ1) is 15.8. The summed E-state index contributed by atoms with van der Waals surface area (Å²) in [4.78, 5) is 22.9. The van der Waals surface area contributed by atoms with E-state index in [1.165, 1.54) is 0 Å².